The fourth-order valence-corrected chi connectivity index (χ4v) is 4.07. The van der Waals surface area contributed by atoms with Crippen molar-refractivity contribution in [2.45, 2.75) is 30.9 Å². The standard InChI is InChI=1S/C21H19ClN2O4/c22-15-5-6-16-14(7-15)8-17(23-16)20(27)24-18-9-12-3-1-2-4-13(12)10-21(18,28)11-19(25)26/h1-8,18,23,28H,9-11H2,(H,24,27)(H,25,26)/t18-,21+/m1/s1. The van der Waals surface area contributed by atoms with Gasteiger partial charge in [-0.15, -0.1) is 0 Å². The average Bonchev–Trinajstić information content (AvgIpc) is 3.04. The molecule has 0 saturated carbocycles. The third kappa shape index (κ3) is 3.48. The molecule has 7 heteroatoms. The van der Waals surface area contributed by atoms with Crippen molar-refractivity contribution in [2.75, 3.05) is 0 Å². The van der Waals surface area contributed by atoms with E-state index >= 15 is 0 Å². The smallest absolute Gasteiger partial charge is 0.306 e. The van der Waals surface area contributed by atoms with E-state index in [1.54, 1.807) is 24.3 Å². The Bertz CT molecular complexity index is 1080. The molecule has 28 heavy (non-hydrogen) atoms. The minimum Gasteiger partial charge on any atom is -0.481 e. The van der Waals surface area contributed by atoms with Gasteiger partial charge in [-0.05, 0) is 41.8 Å². The molecule has 1 heterocycles. The number of aliphatic carboxylic acids is 1. The Kier molecular flexibility index (Phi) is 4.61. The normalized spacial score (nSPS) is 21.3. The first-order valence-corrected chi connectivity index (χ1v) is 9.32. The van der Waals surface area contributed by atoms with E-state index in [4.69, 9.17) is 11.6 Å². The van der Waals surface area contributed by atoms with Crippen LogP contribution < -0.4 is 5.32 Å². The molecule has 4 N–H and O–H groups in total. The summed E-state index contributed by atoms with van der Waals surface area (Å²) < 4.78 is 0. The van der Waals surface area contributed by atoms with Crippen LogP contribution in [0.1, 0.15) is 28.0 Å². The lowest BCUT2D eigenvalue weighted by atomic mass is 9.75. The molecule has 144 valence electrons. The van der Waals surface area contributed by atoms with Crippen molar-refractivity contribution in [3.63, 3.8) is 0 Å². The van der Waals surface area contributed by atoms with Crippen LogP contribution in [0.2, 0.25) is 5.02 Å². The highest BCUT2D eigenvalue weighted by Crippen LogP contribution is 2.32. The number of hydrogen-bond acceptors (Lipinski definition) is 3. The van der Waals surface area contributed by atoms with Crippen molar-refractivity contribution in [3.8, 4) is 0 Å². The lowest BCUT2D eigenvalue weighted by Crippen LogP contribution is -2.58. The number of carbonyl (C=O) groups is 2. The Hall–Kier alpha value is -2.83. The number of aliphatic hydroxyl groups is 1. The third-order valence-electron chi connectivity index (χ3n) is 5.28. The van der Waals surface area contributed by atoms with Crippen LogP contribution in [0.3, 0.4) is 0 Å². The van der Waals surface area contributed by atoms with Crippen LogP contribution in [0.5, 0.6) is 0 Å². The number of hydrogen-bond donors (Lipinski definition) is 4. The molecule has 3 aromatic rings. The SMILES string of the molecule is O=C(O)C[C@@]1(O)Cc2ccccc2C[C@H]1NC(=O)c1cc2cc(Cl)ccc2[nH]1. The molecule has 1 aliphatic carbocycles. The number of carboxylic acids is 1. The zero-order valence-electron chi connectivity index (χ0n) is 14.9. The van der Waals surface area contributed by atoms with Gasteiger partial charge in [0, 0.05) is 22.3 Å². The van der Waals surface area contributed by atoms with E-state index < -0.39 is 29.9 Å². The van der Waals surface area contributed by atoms with E-state index in [1.807, 2.05) is 24.3 Å². The van der Waals surface area contributed by atoms with Gasteiger partial charge in [-0.2, -0.15) is 0 Å². The number of H-pyrrole nitrogens is 1. The van der Waals surface area contributed by atoms with Gasteiger partial charge in [0.25, 0.3) is 5.91 Å². The quantitative estimate of drug-likeness (QED) is 0.542. The van der Waals surface area contributed by atoms with Crippen molar-refractivity contribution in [1.82, 2.24) is 10.3 Å². The predicted molar refractivity (Wildman–Crippen MR) is 106 cm³/mol. The number of rotatable bonds is 4. The summed E-state index contributed by atoms with van der Waals surface area (Å²) >= 11 is 5.99. The largest absolute Gasteiger partial charge is 0.481 e. The zero-order valence-corrected chi connectivity index (χ0v) is 15.7. The molecule has 0 spiro atoms. The molecule has 0 unspecified atom stereocenters. The van der Waals surface area contributed by atoms with Gasteiger partial charge in [-0.1, -0.05) is 35.9 Å². The topological polar surface area (TPSA) is 102 Å². The first kappa shape index (κ1) is 18.5. The molecule has 2 atom stereocenters. The van der Waals surface area contributed by atoms with Crippen LogP contribution in [0.25, 0.3) is 10.9 Å². The van der Waals surface area contributed by atoms with E-state index in [9.17, 15) is 19.8 Å². The molecule has 0 radical (unpaired) electrons. The maximum absolute atomic E-state index is 12.8. The van der Waals surface area contributed by atoms with Crippen molar-refractivity contribution < 1.29 is 19.8 Å². The Morgan fingerprint density at radius 3 is 2.68 bits per heavy atom. The van der Waals surface area contributed by atoms with Crippen molar-refractivity contribution in [3.05, 3.63) is 70.4 Å². The molecule has 1 aliphatic rings. The van der Waals surface area contributed by atoms with Crippen molar-refractivity contribution in [1.29, 1.82) is 0 Å². The zero-order chi connectivity index (χ0) is 19.9. The van der Waals surface area contributed by atoms with E-state index in [0.717, 1.165) is 22.0 Å². The van der Waals surface area contributed by atoms with Gasteiger partial charge in [0.1, 0.15) is 5.69 Å². The fourth-order valence-electron chi connectivity index (χ4n) is 3.89. The Morgan fingerprint density at radius 2 is 1.93 bits per heavy atom. The van der Waals surface area contributed by atoms with Gasteiger partial charge >= 0.3 is 5.97 Å². The monoisotopic (exact) mass is 398 g/mol. The molecule has 1 amide bonds. The van der Waals surface area contributed by atoms with Gasteiger partial charge in [0.05, 0.1) is 18.1 Å². The number of carbonyl (C=O) groups excluding carboxylic acids is 1. The maximum Gasteiger partial charge on any atom is 0.306 e. The molecular formula is C21H19ClN2O4. The van der Waals surface area contributed by atoms with Crippen molar-refractivity contribution in [2.24, 2.45) is 0 Å². The number of aromatic amines is 1. The number of nitrogens with one attached hydrogen (secondary N) is 2. The first-order valence-electron chi connectivity index (χ1n) is 8.94. The number of halogens is 1. The minimum absolute atomic E-state index is 0.169. The van der Waals surface area contributed by atoms with E-state index in [0.29, 0.717) is 17.1 Å². The van der Waals surface area contributed by atoms with Crippen LogP contribution in [0, 0.1) is 0 Å². The first-order chi connectivity index (χ1) is 13.3. The molecule has 2 aromatic carbocycles. The summed E-state index contributed by atoms with van der Waals surface area (Å²) in [6.45, 7) is 0. The minimum atomic E-state index is -1.56. The summed E-state index contributed by atoms with van der Waals surface area (Å²) in [5.41, 5.74) is 1.42. The summed E-state index contributed by atoms with van der Waals surface area (Å²) in [4.78, 5) is 27.2. The molecule has 0 bridgehead atoms. The highest BCUT2D eigenvalue weighted by Gasteiger charge is 2.43. The van der Waals surface area contributed by atoms with Crippen LogP contribution in [-0.2, 0) is 17.6 Å². The lowest BCUT2D eigenvalue weighted by molar-refractivity contribution is -0.144. The molecule has 0 saturated heterocycles. The highest BCUT2D eigenvalue weighted by atomic mass is 35.5. The van der Waals surface area contributed by atoms with Gasteiger partial charge < -0.3 is 20.5 Å². The molecule has 1 aromatic heterocycles. The molecule has 4 rings (SSSR count). The van der Waals surface area contributed by atoms with Crippen LogP contribution >= 0.6 is 11.6 Å². The Balaban J connectivity index is 1.63. The molecule has 6 nitrogen and oxygen atoms in total. The number of carboxylic acid groups (broad SMARTS) is 1. The second-order valence-electron chi connectivity index (χ2n) is 7.26. The van der Waals surface area contributed by atoms with Gasteiger partial charge in [0.15, 0.2) is 0 Å². The summed E-state index contributed by atoms with van der Waals surface area (Å²) in [5.74, 6) is -1.51. The Morgan fingerprint density at radius 1 is 1.18 bits per heavy atom. The number of benzene rings is 2. The molecular weight excluding hydrogens is 380 g/mol. The number of aromatic nitrogens is 1. The highest BCUT2D eigenvalue weighted by molar-refractivity contribution is 6.31. The predicted octanol–water partition coefficient (Wildman–Crippen LogP) is 2.92. The summed E-state index contributed by atoms with van der Waals surface area (Å²) in [6.07, 6.45) is 0.0784. The van der Waals surface area contributed by atoms with E-state index in [2.05, 4.69) is 10.3 Å². The number of fused-ring (bicyclic) bond motifs is 2. The van der Waals surface area contributed by atoms with Gasteiger partial charge in [-0.3, -0.25) is 9.59 Å². The van der Waals surface area contributed by atoms with Crippen LogP contribution in [0.15, 0.2) is 48.5 Å². The summed E-state index contributed by atoms with van der Waals surface area (Å²) in [6, 6.07) is 13.8. The average molecular weight is 399 g/mol. The second-order valence-corrected chi connectivity index (χ2v) is 7.70. The number of amides is 1. The molecule has 0 fully saturated rings. The van der Waals surface area contributed by atoms with E-state index in [-0.39, 0.29) is 6.42 Å². The Labute approximate surface area is 166 Å². The van der Waals surface area contributed by atoms with Crippen molar-refractivity contribution >= 4 is 34.4 Å². The van der Waals surface area contributed by atoms with Gasteiger partial charge in [0.2, 0.25) is 0 Å². The second kappa shape index (κ2) is 6.96. The maximum atomic E-state index is 12.8. The van der Waals surface area contributed by atoms with Crippen LogP contribution in [-0.4, -0.2) is 38.7 Å². The molecule has 0 aliphatic heterocycles. The van der Waals surface area contributed by atoms with Crippen LogP contribution in [0.4, 0.5) is 0 Å². The fraction of sp³-hybridized carbons (Fsp3) is 0.238. The van der Waals surface area contributed by atoms with Gasteiger partial charge in [-0.25, -0.2) is 0 Å². The van der Waals surface area contributed by atoms with E-state index in [1.165, 1.54) is 0 Å². The summed E-state index contributed by atoms with van der Waals surface area (Å²) in [7, 11) is 0. The third-order valence-corrected chi connectivity index (χ3v) is 5.51. The summed E-state index contributed by atoms with van der Waals surface area (Å²) in [5, 5.41) is 24.6. The lowest BCUT2D eigenvalue weighted by Gasteiger charge is -2.40.